The summed E-state index contributed by atoms with van der Waals surface area (Å²) in [6.45, 7) is 6.04. The number of aliphatic hydroxyl groups is 1. The molecule has 0 fully saturated rings. The molecular formula is C21H23N7O3. The Bertz CT molecular complexity index is 1110. The summed E-state index contributed by atoms with van der Waals surface area (Å²) < 4.78 is 5.72. The van der Waals surface area contributed by atoms with E-state index in [9.17, 15) is 9.90 Å². The second-order valence-electron chi connectivity index (χ2n) is 7.80. The number of rotatable bonds is 5. The Morgan fingerprint density at radius 3 is 2.84 bits per heavy atom. The maximum Gasteiger partial charge on any atom is 0.256 e. The Morgan fingerprint density at radius 2 is 2.06 bits per heavy atom. The van der Waals surface area contributed by atoms with Crippen LogP contribution in [-0.4, -0.2) is 61.2 Å². The van der Waals surface area contributed by atoms with E-state index in [0.29, 0.717) is 42.1 Å². The van der Waals surface area contributed by atoms with E-state index in [4.69, 9.17) is 4.74 Å². The summed E-state index contributed by atoms with van der Waals surface area (Å²) >= 11 is 0. The number of anilines is 2. The van der Waals surface area contributed by atoms with Crippen LogP contribution in [0.1, 0.15) is 29.9 Å². The molecule has 0 aliphatic carbocycles. The quantitative estimate of drug-likeness (QED) is 0.632. The highest BCUT2D eigenvalue weighted by atomic mass is 16.5. The van der Waals surface area contributed by atoms with Gasteiger partial charge in [-0.05, 0) is 32.9 Å². The van der Waals surface area contributed by atoms with Gasteiger partial charge in [0.05, 0.1) is 18.3 Å². The van der Waals surface area contributed by atoms with Gasteiger partial charge in [-0.15, -0.1) is 0 Å². The number of nitrogens with zero attached hydrogens (tertiary/aromatic N) is 6. The van der Waals surface area contributed by atoms with Crippen LogP contribution in [0.15, 0.2) is 36.9 Å². The summed E-state index contributed by atoms with van der Waals surface area (Å²) in [5.41, 5.74) is 0.723. The fourth-order valence-electron chi connectivity index (χ4n) is 3.10. The van der Waals surface area contributed by atoms with Crippen molar-refractivity contribution in [2.75, 3.05) is 24.6 Å². The molecule has 31 heavy (non-hydrogen) atoms. The first kappa shape index (κ1) is 20.6. The lowest BCUT2D eigenvalue weighted by Gasteiger charge is -2.30. The highest BCUT2D eigenvalue weighted by Gasteiger charge is 2.28. The number of hydrogen-bond donors (Lipinski definition) is 2. The van der Waals surface area contributed by atoms with Crippen molar-refractivity contribution in [3.63, 3.8) is 0 Å². The Kier molecular flexibility index (Phi) is 5.47. The number of aromatic nitrogens is 5. The van der Waals surface area contributed by atoms with Crippen LogP contribution in [0, 0.1) is 6.92 Å². The zero-order valence-corrected chi connectivity index (χ0v) is 17.5. The molecule has 1 aliphatic heterocycles. The number of pyridine rings is 1. The van der Waals surface area contributed by atoms with E-state index in [2.05, 4.69) is 30.2 Å². The third kappa shape index (κ3) is 4.58. The number of aryl methyl sites for hydroxylation is 1. The molecule has 10 heteroatoms. The lowest BCUT2D eigenvalue weighted by Crippen LogP contribution is -2.39. The van der Waals surface area contributed by atoms with Gasteiger partial charge in [-0.25, -0.2) is 24.9 Å². The first-order chi connectivity index (χ1) is 14.8. The van der Waals surface area contributed by atoms with Crippen LogP contribution in [0.5, 0.6) is 5.75 Å². The smallest absolute Gasteiger partial charge is 0.256 e. The Hall–Kier alpha value is -3.66. The number of fused-ring (bicyclic) bond motifs is 1. The van der Waals surface area contributed by atoms with Crippen LogP contribution >= 0.6 is 0 Å². The minimum absolute atomic E-state index is 0.0885. The first-order valence-corrected chi connectivity index (χ1v) is 9.84. The van der Waals surface area contributed by atoms with E-state index in [1.54, 1.807) is 24.9 Å². The lowest BCUT2D eigenvalue weighted by molar-refractivity contribution is 0.0694. The molecular weight excluding hydrogens is 398 g/mol. The monoisotopic (exact) mass is 421 g/mol. The van der Waals surface area contributed by atoms with Gasteiger partial charge in [-0.1, -0.05) is 6.07 Å². The highest BCUT2D eigenvalue weighted by molar-refractivity contribution is 5.99. The molecule has 10 nitrogen and oxygen atoms in total. The summed E-state index contributed by atoms with van der Waals surface area (Å²) in [6, 6.07) is 5.63. The molecule has 0 aromatic carbocycles. The SMILES string of the molecule is Cc1cccc(-c2ncc3c(n2)N(c2ncncc2C(=O)NCC(C)(C)O)CCO3)n1. The fourth-order valence-corrected chi connectivity index (χ4v) is 3.10. The van der Waals surface area contributed by atoms with Gasteiger partial charge >= 0.3 is 0 Å². The predicted octanol–water partition coefficient (Wildman–Crippen LogP) is 1.67. The standard InChI is InChI=1S/C21H23N7O3/c1-13-5-4-6-15(26-13)17-23-10-16-19(27-17)28(7-8-31-16)18-14(9-22-12-25-18)20(29)24-11-21(2,3)30/h4-6,9-10,12,30H,7-8,11H2,1-3H3,(H,24,29). The van der Waals surface area contributed by atoms with E-state index in [-0.39, 0.29) is 18.0 Å². The van der Waals surface area contributed by atoms with Crippen molar-refractivity contribution in [2.45, 2.75) is 26.4 Å². The molecule has 160 valence electrons. The minimum atomic E-state index is -1.04. The molecule has 0 bridgehead atoms. The lowest BCUT2D eigenvalue weighted by atomic mass is 10.1. The Balaban J connectivity index is 1.72. The first-order valence-electron chi connectivity index (χ1n) is 9.84. The van der Waals surface area contributed by atoms with E-state index < -0.39 is 5.60 Å². The average Bonchev–Trinajstić information content (AvgIpc) is 2.76. The summed E-state index contributed by atoms with van der Waals surface area (Å²) in [5, 5.41) is 12.6. The van der Waals surface area contributed by atoms with Gasteiger partial charge in [0.1, 0.15) is 24.2 Å². The fraction of sp³-hybridized carbons (Fsp3) is 0.333. The predicted molar refractivity (Wildman–Crippen MR) is 113 cm³/mol. The molecule has 0 unspecified atom stereocenters. The number of amides is 1. The van der Waals surface area contributed by atoms with Gasteiger partial charge in [0.15, 0.2) is 23.2 Å². The molecule has 0 saturated heterocycles. The molecule has 4 rings (SSSR count). The van der Waals surface area contributed by atoms with Gasteiger partial charge < -0.3 is 20.1 Å². The third-order valence-corrected chi connectivity index (χ3v) is 4.55. The van der Waals surface area contributed by atoms with Crippen LogP contribution in [0.2, 0.25) is 0 Å². The van der Waals surface area contributed by atoms with E-state index >= 15 is 0 Å². The summed E-state index contributed by atoms with van der Waals surface area (Å²) in [5.74, 6) is 1.44. The maximum atomic E-state index is 12.8. The number of hydrogen-bond acceptors (Lipinski definition) is 9. The van der Waals surface area contributed by atoms with Crippen molar-refractivity contribution in [3.05, 3.63) is 48.2 Å². The van der Waals surface area contributed by atoms with Crippen molar-refractivity contribution >= 4 is 17.5 Å². The van der Waals surface area contributed by atoms with E-state index in [1.807, 2.05) is 25.1 Å². The topological polar surface area (TPSA) is 126 Å². The number of ether oxygens (including phenoxy) is 1. The largest absolute Gasteiger partial charge is 0.486 e. The minimum Gasteiger partial charge on any atom is -0.486 e. The van der Waals surface area contributed by atoms with Gasteiger partial charge in [-0.3, -0.25) is 4.79 Å². The van der Waals surface area contributed by atoms with Crippen molar-refractivity contribution < 1.29 is 14.6 Å². The molecule has 4 heterocycles. The second-order valence-corrected chi connectivity index (χ2v) is 7.80. The molecule has 0 spiro atoms. The van der Waals surface area contributed by atoms with Crippen LogP contribution in [0.4, 0.5) is 11.6 Å². The molecule has 0 saturated carbocycles. The van der Waals surface area contributed by atoms with Gasteiger partial charge in [0.25, 0.3) is 5.91 Å². The number of carbonyl (C=O) groups excluding carboxylic acids is 1. The summed E-state index contributed by atoms with van der Waals surface area (Å²) in [7, 11) is 0. The zero-order valence-electron chi connectivity index (χ0n) is 17.5. The number of nitrogens with one attached hydrogen (secondary N) is 1. The normalized spacial score (nSPS) is 13.4. The van der Waals surface area contributed by atoms with Crippen molar-refractivity contribution in [1.29, 1.82) is 0 Å². The zero-order chi connectivity index (χ0) is 22.0. The molecule has 3 aromatic heterocycles. The molecule has 3 aromatic rings. The van der Waals surface area contributed by atoms with Crippen LogP contribution < -0.4 is 15.0 Å². The number of carbonyl (C=O) groups is 1. The third-order valence-electron chi connectivity index (χ3n) is 4.55. The van der Waals surface area contributed by atoms with Crippen LogP contribution in [0.25, 0.3) is 11.5 Å². The maximum absolute atomic E-state index is 12.8. The van der Waals surface area contributed by atoms with Crippen LogP contribution in [0.3, 0.4) is 0 Å². The van der Waals surface area contributed by atoms with E-state index in [1.165, 1.54) is 12.5 Å². The average molecular weight is 421 g/mol. The second kappa shape index (κ2) is 8.23. The molecule has 1 aliphatic rings. The van der Waals surface area contributed by atoms with Gasteiger partial charge in [0.2, 0.25) is 0 Å². The van der Waals surface area contributed by atoms with Gasteiger partial charge in [-0.2, -0.15) is 0 Å². The Labute approximate surface area is 179 Å². The van der Waals surface area contributed by atoms with E-state index in [0.717, 1.165) is 5.69 Å². The van der Waals surface area contributed by atoms with Crippen LogP contribution in [-0.2, 0) is 0 Å². The molecule has 0 radical (unpaired) electrons. The molecule has 0 atom stereocenters. The van der Waals surface area contributed by atoms with Gasteiger partial charge in [0, 0.05) is 18.4 Å². The molecule has 2 N–H and O–H groups in total. The summed E-state index contributed by atoms with van der Waals surface area (Å²) in [4.78, 5) is 36.5. The van der Waals surface area contributed by atoms with Crippen molar-refractivity contribution in [3.8, 4) is 17.3 Å². The Morgan fingerprint density at radius 1 is 1.23 bits per heavy atom. The summed E-state index contributed by atoms with van der Waals surface area (Å²) in [6.07, 6.45) is 4.42. The van der Waals surface area contributed by atoms with Crippen molar-refractivity contribution in [2.24, 2.45) is 0 Å². The molecule has 1 amide bonds. The highest BCUT2D eigenvalue weighted by Crippen LogP contribution is 2.35. The van der Waals surface area contributed by atoms with Crippen molar-refractivity contribution in [1.82, 2.24) is 30.2 Å².